The number of carbonyl (C=O) groups is 1. The Morgan fingerprint density at radius 1 is 1.29 bits per heavy atom. The second-order valence-corrected chi connectivity index (χ2v) is 5.76. The lowest BCUT2D eigenvalue weighted by Crippen LogP contribution is -2.39. The van der Waals surface area contributed by atoms with Crippen LogP contribution < -0.4 is 0 Å². The zero-order valence-corrected chi connectivity index (χ0v) is 11.2. The maximum atomic E-state index is 12.4. The molecule has 0 amide bonds. The molecule has 1 fully saturated rings. The Morgan fingerprint density at radius 3 is 2.35 bits per heavy atom. The van der Waals surface area contributed by atoms with Crippen molar-refractivity contribution in [3.05, 3.63) is 11.4 Å². The molecule has 0 bridgehead atoms. The van der Waals surface area contributed by atoms with Crippen LogP contribution in [-0.2, 0) is 23.2 Å². The van der Waals surface area contributed by atoms with Crippen molar-refractivity contribution in [2.75, 3.05) is 13.1 Å². The highest BCUT2D eigenvalue weighted by molar-refractivity contribution is 7.89. The minimum atomic E-state index is -1.19. The van der Waals surface area contributed by atoms with Gasteiger partial charge in [-0.2, -0.15) is 5.10 Å². The zero-order chi connectivity index (χ0) is 12.6. The van der Waals surface area contributed by atoms with Crippen molar-refractivity contribution < 1.29 is 9.35 Å². The fraction of sp³-hybridized carbons (Fsp3) is 0.636. The number of nitrogens with zero attached hydrogens (tertiary/aromatic N) is 3. The van der Waals surface area contributed by atoms with Crippen LogP contribution in [0, 0.1) is 13.8 Å². The molecule has 1 aromatic rings. The molecule has 1 saturated heterocycles. The molecule has 0 saturated carbocycles. The van der Waals surface area contributed by atoms with E-state index >= 15 is 0 Å². The molecule has 1 aliphatic heterocycles. The first-order valence-electron chi connectivity index (χ1n) is 5.69. The van der Waals surface area contributed by atoms with E-state index in [1.165, 1.54) is 0 Å². The van der Waals surface area contributed by atoms with Crippen molar-refractivity contribution >= 4 is 17.1 Å². The largest absolute Gasteiger partial charge is 0.593 e. The van der Waals surface area contributed by atoms with E-state index in [-0.39, 0.29) is 5.78 Å². The summed E-state index contributed by atoms with van der Waals surface area (Å²) in [6.45, 7) is 4.95. The van der Waals surface area contributed by atoms with E-state index in [2.05, 4.69) is 5.10 Å². The number of aryl methyl sites for hydroxylation is 2. The number of hydrogen-bond acceptors (Lipinski definition) is 4. The van der Waals surface area contributed by atoms with Crippen molar-refractivity contribution in [1.29, 1.82) is 0 Å². The molecule has 1 aromatic heterocycles. The third kappa shape index (κ3) is 2.38. The summed E-state index contributed by atoms with van der Waals surface area (Å²) >= 11 is -1.19. The predicted molar refractivity (Wildman–Crippen MR) is 64.9 cm³/mol. The molecular weight excluding hydrogens is 238 g/mol. The summed E-state index contributed by atoms with van der Waals surface area (Å²) in [6, 6.07) is 0. The average Bonchev–Trinajstić information content (AvgIpc) is 2.53. The van der Waals surface area contributed by atoms with Gasteiger partial charge in [-0.25, -0.2) is 0 Å². The first-order chi connectivity index (χ1) is 8.00. The van der Waals surface area contributed by atoms with E-state index in [9.17, 15) is 9.35 Å². The Bertz CT molecular complexity index is 434. The van der Waals surface area contributed by atoms with Gasteiger partial charge in [0.15, 0.2) is 0 Å². The van der Waals surface area contributed by atoms with Crippen LogP contribution in [0.15, 0.2) is 4.90 Å². The molecule has 0 aromatic carbocycles. The van der Waals surface area contributed by atoms with Crippen molar-refractivity contribution in [3.63, 3.8) is 0 Å². The predicted octanol–water partition coefficient (Wildman–Crippen LogP) is 0.724. The number of hydrogen-bond donors (Lipinski definition) is 0. The Morgan fingerprint density at radius 2 is 1.88 bits per heavy atom. The second kappa shape index (κ2) is 4.80. The molecular formula is C11H17N3O2S. The minimum Gasteiger partial charge on any atom is -0.593 e. The van der Waals surface area contributed by atoms with Crippen LogP contribution in [0.2, 0.25) is 0 Å². The third-order valence-corrected chi connectivity index (χ3v) is 4.91. The molecule has 1 unspecified atom stereocenters. The highest BCUT2D eigenvalue weighted by Crippen LogP contribution is 2.24. The molecule has 94 valence electrons. The topological polar surface area (TPSA) is 61.2 Å². The standard InChI is InChI=1S/C11H17N3O2S/c1-8-11(9(2)13(3)12-8)17(16)14-6-4-10(15)5-7-14/h4-7H2,1-3H3. The Labute approximate surface area is 104 Å². The normalized spacial score (nSPS) is 19.6. The highest BCUT2D eigenvalue weighted by atomic mass is 32.2. The first-order valence-corrected chi connectivity index (χ1v) is 6.80. The van der Waals surface area contributed by atoms with Crippen LogP contribution in [0.1, 0.15) is 24.2 Å². The molecule has 0 spiro atoms. The van der Waals surface area contributed by atoms with Gasteiger partial charge in [-0.15, -0.1) is 4.31 Å². The van der Waals surface area contributed by atoms with Gasteiger partial charge in [0, 0.05) is 19.9 Å². The average molecular weight is 255 g/mol. The molecule has 0 aliphatic carbocycles. The summed E-state index contributed by atoms with van der Waals surface area (Å²) in [5, 5.41) is 4.27. The van der Waals surface area contributed by atoms with Gasteiger partial charge >= 0.3 is 0 Å². The monoisotopic (exact) mass is 255 g/mol. The van der Waals surface area contributed by atoms with Crippen LogP contribution >= 0.6 is 0 Å². The van der Waals surface area contributed by atoms with Gasteiger partial charge < -0.3 is 4.55 Å². The van der Waals surface area contributed by atoms with E-state index in [4.69, 9.17) is 0 Å². The number of aromatic nitrogens is 2. The fourth-order valence-corrected chi connectivity index (χ4v) is 3.49. The molecule has 1 aliphatic rings. The Balaban J connectivity index is 2.19. The Kier molecular flexibility index (Phi) is 3.56. The van der Waals surface area contributed by atoms with Gasteiger partial charge in [0.25, 0.3) is 0 Å². The van der Waals surface area contributed by atoms with E-state index in [1.807, 2.05) is 25.2 Å². The van der Waals surface area contributed by atoms with Gasteiger partial charge in [-0.3, -0.25) is 9.48 Å². The minimum absolute atomic E-state index is 0.262. The summed E-state index contributed by atoms with van der Waals surface area (Å²) in [7, 11) is 1.85. The molecule has 0 radical (unpaired) electrons. The number of piperidine rings is 1. The third-order valence-electron chi connectivity index (χ3n) is 3.13. The fourth-order valence-electron chi connectivity index (χ4n) is 2.04. The Hall–Kier alpha value is -0.850. The van der Waals surface area contributed by atoms with Gasteiger partial charge in [0.1, 0.15) is 11.5 Å². The number of carbonyl (C=O) groups excluding carboxylic acids is 1. The van der Waals surface area contributed by atoms with Crippen LogP contribution in [0.5, 0.6) is 0 Å². The number of rotatable bonds is 2. The van der Waals surface area contributed by atoms with Crippen LogP contribution in [0.4, 0.5) is 0 Å². The SMILES string of the molecule is Cc1nn(C)c(C)c1[S+]([O-])N1CCC(=O)CC1. The molecule has 2 rings (SSSR count). The van der Waals surface area contributed by atoms with Crippen molar-refractivity contribution in [2.24, 2.45) is 7.05 Å². The smallest absolute Gasteiger partial charge is 0.217 e. The zero-order valence-electron chi connectivity index (χ0n) is 10.4. The van der Waals surface area contributed by atoms with Gasteiger partial charge in [0.05, 0.1) is 30.1 Å². The van der Waals surface area contributed by atoms with Crippen LogP contribution in [0.25, 0.3) is 0 Å². The maximum Gasteiger partial charge on any atom is 0.217 e. The van der Waals surface area contributed by atoms with Crippen molar-refractivity contribution in [2.45, 2.75) is 31.6 Å². The summed E-state index contributed by atoms with van der Waals surface area (Å²) in [5.74, 6) is 0.262. The highest BCUT2D eigenvalue weighted by Gasteiger charge is 2.31. The molecule has 6 heteroatoms. The molecule has 1 atom stereocenters. The lowest BCUT2D eigenvalue weighted by Gasteiger charge is -2.26. The summed E-state index contributed by atoms with van der Waals surface area (Å²) < 4.78 is 16.0. The van der Waals surface area contributed by atoms with Gasteiger partial charge in [0.2, 0.25) is 4.90 Å². The van der Waals surface area contributed by atoms with Crippen molar-refractivity contribution in [1.82, 2.24) is 14.1 Å². The number of Topliss-reactive ketones (excluding diaryl/α,β-unsaturated/α-hetero) is 1. The maximum absolute atomic E-state index is 12.4. The lowest BCUT2D eigenvalue weighted by atomic mass is 10.1. The second-order valence-electron chi connectivity index (χ2n) is 4.34. The first kappa shape index (κ1) is 12.6. The van der Waals surface area contributed by atoms with Crippen molar-refractivity contribution in [3.8, 4) is 0 Å². The van der Waals surface area contributed by atoms with Gasteiger partial charge in [-0.1, -0.05) is 0 Å². The quantitative estimate of drug-likeness (QED) is 0.731. The van der Waals surface area contributed by atoms with Gasteiger partial charge in [-0.05, 0) is 13.8 Å². The van der Waals surface area contributed by atoms with E-state index < -0.39 is 11.4 Å². The summed E-state index contributed by atoms with van der Waals surface area (Å²) in [5.41, 5.74) is 1.73. The van der Waals surface area contributed by atoms with E-state index in [0.717, 1.165) is 16.3 Å². The molecule has 0 N–H and O–H groups in total. The van der Waals surface area contributed by atoms with Crippen LogP contribution in [0.3, 0.4) is 0 Å². The number of ketones is 1. The lowest BCUT2D eigenvalue weighted by molar-refractivity contribution is -0.120. The van der Waals surface area contributed by atoms with E-state index in [1.54, 1.807) is 4.68 Å². The summed E-state index contributed by atoms with van der Waals surface area (Å²) in [6.07, 6.45) is 1.01. The summed E-state index contributed by atoms with van der Waals surface area (Å²) in [4.78, 5) is 12.0. The molecule has 2 heterocycles. The van der Waals surface area contributed by atoms with Crippen LogP contribution in [-0.4, -0.2) is 37.5 Å². The molecule has 5 nitrogen and oxygen atoms in total. The van der Waals surface area contributed by atoms with E-state index in [0.29, 0.717) is 25.9 Å². The molecule has 17 heavy (non-hydrogen) atoms.